The normalized spacial score (nSPS) is 26.0. The van der Waals surface area contributed by atoms with Crippen LogP contribution in [0.5, 0.6) is 0 Å². The molecule has 8 heteroatoms. The zero-order valence-corrected chi connectivity index (χ0v) is 17.0. The Morgan fingerprint density at radius 2 is 2.03 bits per heavy atom. The molecule has 3 aliphatic heterocycles. The van der Waals surface area contributed by atoms with Crippen LogP contribution in [0.3, 0.4) is 0 Å². The first-order valence-electron chi connectivity index (χ1n) is 10.9. The number of β-amino-alcohol motifs (C(OH)–C–C–N with tert-alkyl or cyclic N) is 1. The summed E-state index contributed by atoms with van der Waals surface area (Å²) in [5, 5.41) is 16.9. The van der Waals surface area contributed by atoms with Crippen LogP contribution in [0.2, 0.25) is 0 Å². The van der Waals surface area contributed by atoms with Gasteiger partial charge in [0.25, 0.3) is 5.56 Å². The van der Waals surface area contributed by atoms with Crippen LogP contribution in [0.15, 0.2) is 16.9 Å². The molecule has 8 nitrogen and oxygen atoms in total. The fraction of sp³-hybridized carbons (Fsp3) is 0.762. The number of nitrogens with zero attached hydrogens (tertiary/aromatic N) is 3. The Kier molecular flexibility index (Phi) is 6.32. The third kappa shape index (κ3) is 5.05. The summed E-state index contributed by atoms with van der Waals surface area (Å²) < 4.78 is 5.50. The van der Waals surface area contributed by atoms with Gasteiger partial charge in [0.1, 0.15) is 0 Å². The number of likely N-dealkylation sites (tertiary alicyclic amines) is 2. The van der Waals surface area contributed by atoms with Crippen molar-refractivity contribution >= 4 is 5.91 Å². The molecule has 160 valence electrons. The average Bonchev–Trinajstić information content (AvgIpc) is 2.74. The lowest BCUT2D eigenvalue weighted by Crippen LogP contribution is -2.57. The number of aromatic nitrogens is 2. The van der Waals surface area contributed by atoms with E-state index in [2.05, 4.69) is 15.1 Å². The third-order valence-electron chi connectivity index (χ3n) is 6.87. The summed E-state index contributed by atoms with van der Waals surface area (Å²) in [5.41, 5.74) is 0.618. The summed E-state index contributed by atoms with van der Waals surface area (Å²) in [6.45, 7) is 4.94. The van der Waals surface area contributed by atoms with E-state index in [1.54, 1.807) is 6.07 Å². The Morgan fingerprint density at radius 3 is 2.72 bits per heavy atom. The minimum Gasteiger partial charge on any atom is -0.392 e. The monoisotopic (exact) mass is 404 g/mol. The number of H-pyrrole nitrogens is 1. The zero-order valence-electron chi connectivity index (χ0n) is 17.0. The Morgan fingerprint density at radius 1 is 1.28 bits per heavy atom. The van der Waals surface area contributed by atoms with Crippen molar-refractivity contribution in [1.29, 1.82) is 0 Å². The molecule has 1 atom stereocenters. The molecule has 1 aromatic heterocycles. The number of hydrogen-bond acceptors (Lipinski definition) is 6. The van der Waals surface area contributed by atoms with E-state index in [4.69, 9.17) is 4.74 Å². The van der Waals surface area contributed by atoms with Crippen molar-refractivity contribution in [3.05, 3.63) is 28.2 Å². The van der Waals surface area contributed by atoms with Crippen LogP contribution >= 0.6 is 0 Å². The zero-order chi connectivity index (χ0) is 20.3. The molecule has 1 amide bonds. The highest BCUT2D eigenvalue weighted by atomic mass is 16.5. The molecule has 1 aromatic rings. The predicted molar refractivity (Wildman–Crippen MR) is 107 cm³/mol. The van der Waals surface area contributed by atoms with Gasteiger partial charge in [-0.25, -0.2) is 5.10 Å². The molecule has 2 N–H and O–H groups in total. The first-order chi connectivity index (χ1) is 14.0. The largest absolute Gasteiger partial charge is 0.392 e. The Hall–Kier alpha value is -1.77. The van der Waals surface area contributed by atoms with Gasteiger partial charge in [-0.3, -0.25) is 14.5 Å². The van der Waals surface area contributed by atoms with Crippen molar-refractivity contribution in [2.75, 3.05) is 39.4 Å². The number of carbonyl (C=O) groups is 1. The van der Waals surface area contributed by atoms with E-state index in [9.17, 15) is 14.7 Å². The molecule has 29 heavy (non-hydrogen) atoms. The van der Waals surface area contributed by atoms with E-state index >= 15 is 0 Å². The second kappa shape index (κ2) is 8.93. The molecular weight excluding hydrogens is 372 g/mol. The number of carbonyl (C=O) groups excluding carboxylic acids is 1. The first-order valence-corrected chi connectivity index (χ1v) is 10.9. The lowest BCUT2D eigenvalue weighted by molar-refractivity contribution is -0.135. The van der Waals surface area contributed by atoms with Gasteiger partial charge in [0.15, 0.2) is 0 Å². The summed E-state index contributed by atoms with van der Waals surface area (Å²) in [7, 11) is 0. The number of rotatable bonds is 4. The second-order valence-electron chi connectivity index (χ2n) is 8.92. The molecule has 3 fully saturated rings. The molecule has 0 saturated carbocycles. The van der Waals surface area contributed by atoms with E-state index in [0.717, 1.165) is 77.2 Å². The van der Waals surface area contributed by atoms with Crippen LogP contribution in [0, 0.1) is 5.41 Å². The van der Waals surface area contributed by atoms with Crippen LogP contribution < -0.4 is 5.56 Å². The number of aliphatic hydroxyl groups excluding tert-OH is 1. The van der Waals surface area contributed by atoms with Crippen molar-refractivity contribution in [3.8, 4) is 0 Å². The first kappa shape index (κ1) is 20.5. The number of ether oxygens (including phenoxy) is 1. The third-order valence-corrected chi connectivity index (χ3v) is 6.87. The number of aryl methyl sites for hydroxylation is 1. The van der Waals surface area contributed by atoms with Gasteiger partial charge in [-0.2, -0.15) is 5.10 Å². The Bertz CT molecular complexity index is 733. The molecule has 0 radical (unpaired) electrons. The number of aromatic amines is 1. The predicted octanol–water partition coefficient (Wildman–Crippen LogP) is 0.557. The topological polar surface area (TPSA) is 98.8 Å². The molecule has 3 aliphatic rings. The highest BCUT2D eigenvalue weighted by Crippen LogP contribution is 2.41. The van der Waals surface area contributed by atoms with Gasteiger partial charge in [0.05, 0.1) is 11.8 Å². The minimum atomic E-state index is -0.278. The molecular formula is C21H32N4O4. The second-order valence-corrected chi connectivity index (χ2v) is 8.92. The SMILES string of the molecule is O=C(CCc1ccc(=O)[nH]n1)N1CCC2(CC1)CC(O)CN(C1CCOCC1)C2. The van der Waals surface area contributed by atoms with E-state index in [0.29, 0.717) is 18.9 Å². The van der Waals surface area contributed by atoms with E-state index in [1.165, 1.54) is 6.07 Å². The number of piperidine rings is 2. The van der Waals surface area contributed by atoms with Gasteiger partial charge in [-0.15, -0.1) is 0 Å². The van der Waals surface area contributed by atoms with E-state index < -0.39 is 0 Å². The van der Waals surface area contributed by atoms with Gasteiger partial charge >= 0.3 is 0 Å². The molecule has 3 saturated heterocycles. The van der Waals surface area contributed by atoms with Gasteiger partial charge in [-0.05, 0) is 43.6 Å². The number of hydrogen-bond donors (Lipinski definition) is 2. The van der Waals surface area contributed by atoms with Gasteiger partial charge in [0, 0.05) is 64.3 Å². The summed E-state index contributed by atoms with van der Waals surface area (Å²) in [6.07, 6.45) is 5.50. The van der Waals surface area contributed by atoms with Crippen molar-refractivity contribution < 1.29 is 14.6 Å². The molecule has 1 unspecified atom stereocenters. The number of amides is 1. The maximum absolute atomic E-state index is 12.6. The standard InChI is InChI=1S/C21H32N4O4/c26-18-13-21(15-25(14-18)17-5-11-29-12-6-17)7-9-24(10-8-21)20(28)4-2-16-1-3-19(27)23-22-16/h1,3,17-18,26H,2,4-15H2,(H,23,27). The quantitative estimate of drug-likeness (QED) is 0.761. The maximum Gasteiger partial charge on any atom is 0.264 e. The van der Waals surface area contributed by atoms with Gasteiger partial charge in [0.2, 0.25) is 5.91 Å². The lowest BCUT2D eigenvalue weighted by atomic mass is 9.71. The van der Waals surface area contributed by atoms with Crippen molar-refractivity contribution in [2.24, 2.45) is 5.41 Å². The lowest BCUT2D eigenvalue weighted by Gasteiger charge is -2.51. The molecule has 0 aliphatic carbocycles. The van der Waals surface area contributed by atoms with Crippen molar-refractivity contribution in [1.82, 2.24) is 20.0 Å². The number of nitrogens with one attached hydrogen (secondary N) is 1. The minimum absolute atomic E-state index is 0.118. The van der Waals surface area contributed by atoms with Crippen molar-refractivity contribution in [2.45, 2.75) is 57.1 Å². The van der Waals surface area contributed by atoms with Crippen molar-refractivity contribution in [3.63, 3.8) is 0 Å². The van der Waals surface area contributed by atoms with Crippen LogP contribution in [0.4, 0.5) is 0 Å². The van der Waals surface area contributed by atoms with E-state index in [-0.39, 0.29) is 23.0 Å². The van der Waals surface area contributed by atoms with Crippen LogP contribution in [0.1, 0.15) is 44.2 Å². The smallest absolute Gasteiger partial charge is 0.264 e. The molecule has 4 heterocycles. The summed E-state index contributed by atoms with van der Waals surface area (Å²) in [4.78, 5) is 28.2. The van der Waals surface area contributed by atoms with Crippen LogP contribution in [0.25, 0.3) is 0 Å². The summed E-state index contributed by atoms with van der Waals surface area (Å²) in [5.74, 6) is 0.144. The number of aliphatic hydroxyl groups is 1. The van der Waals surface area contributed by atoms with Crippen LogP contribution in [-0.4, -0.2) is 82.5 Å². The van der Waals surface area contributed by atoms with Gasteiger partial charge in [-0.1, -0.05) is 0 Å². The van der Waals surface area contributed by atoms with Crippen LogP contribution in [-0.2, 0) is 16.0 Å². The summed E-state index contributed by atoms with van der Waals surface area (Å²) in [6, 6.07) is 3.63. The summed E-state index contributed by atoms with van der Waals surface area (Å²) >= 11 is 0. The highest BCUT2D eigenvalue weighted by Gasteiger charge is 2.43. The molecule has 1 spiro atoms. The van der Waals surface area contributed by atoms with Gasteiger partial charge < -0.3 is 14.7 Å². The molecule has 0 aromatic carbocycles. The fourth-order valence-electron chi connectivity index (χ4n) is 5.22. The highest BCUT2D eigenvalue weighted by molar-refractivity contribution is 5.76. The average molecular weight is 405 g/mol. The Labute approximate surface area is 171 Å². The Balaban J connectivity index is 1.29. The molecule has 4 rings (SSSR count). The van der Waals surface area contributed by atoms with E-state index in [1.807, 2.05) is 4.90 Å². The molecule has 0 bridgehead atoms. The maximum atomic E-state index is 12.6. The fourth-order valence-corrected chi connectivity index (χ4v) is 5.22.